The van der Waals surface area contributed by atoms with Crippen LogP contribution in [0.25, 0.3) is 0 Å². The third-order valence-electron chi connectivity index (χ3n) is 3.14. The minimum Gasteiger partial charge on any atom is -0.748 e. The van der Waals surface area contributed by atoms with Crippen molar-refractivity contribution in [2.45, 2.75) is 20.3 Å². The molecule has 0 aromatic heterocycles. The summed E-state index contributed by atoms with van der Waals surface area (Å²) in [6.07, 6.45) is 1.50. The summed E-state index contributed by atoms with van der Waals surface area (Å²) in [5.74, 6) is -0.613. The first kappa shape index (κ1) is 17.1. The van der Waals surface area contributed by atoms with Crippen LogP contribution in [0.1, 0.15) is 20.3 Å². The minimum absolute atomic E-state index is 0.254. The first-order chi connectivity index (χ1) is 8.28. The van der Waals surface area contributed by atoms with Crippen LogP contribution >= 0.6 is 0 Å². The summed E-state index contributed by atoms with van der Waals surface area (Å²) < 4.78 is 32.2. The highest BCUT2D eigenvalue weighted by molar-refractivity contribution is 7.85. The van der Waals surface area contributed by atoms with Gasteiger partial charge in [0.15, 0.2) is 6.67 Å². The highest BCUT2D eigenvalue weighted by Crippen LogP contribution is 2.07. The van der Waals surface area contributed by atoms with Crippen molar-refractivity contribution < 1.29 is 22.2 Å². The Bertz CT molecular complexity index is 375. The molecule has 0 rings (SSSR count). The Labute approximate surface area is 109 Å². The summed E-state index contributed by atoms with van der Waals surface area (Å²) in [4.78, 5) is 11.1. The number of nitrogens with zero attached hydrogens (tertiary/aromatic N) is 1. The van der Waals surface area contributed by atoms with Gasteiger partial charge in [-0.15, -0.1) is 0 Å². The van der Waals surface area contributed by atoms with E-state index in [0.717, 1.165) is 13.1 Å². The number of quaternary nitrogens is 1. The van der Waals surface area contributed by atoms with Gasteiger partial charge in [0.05, 0.1) is 29.8 Å². The van der Waals surface area contributed by atoms with Crippen LogP contribution in [-0.2, 0) is 14.9 Å². The van der Waals surface area contributed by atoms with E-state index in [9.17, 15) is 17.8 Å². The fraction of sp³-hybridized carbons (Fsp3) is 0.727. The molecular formula is C11H22N2O4S. The predicted molar refractivity (Wildman–Crippen MR) is 68.6 cm³/mol. The van der Waals surface area contributed by atoms with Crippen LogP contribution in [0.15, 0.2) is 12.7 Å². The van der Waals surface area contributed by atoms with Gasteiger partial charge < -0.3 is 14.4 Å². The Hall–Kier alpha value is -0.920. The molecule has 0 heterocycles. The summed E-state index contributed by atoms with van der Waals surface area (Å²) in [5, 5.41) is 2.71. The van der Waals surface area contributed by atoms with Gasteiger partial charge in [0, 0.05) is 12.2 Å². The topological polar surface area (TPSA) is 86.3 Å². The maximum absolute atomic E-state index is 11.1. The van der Waals surface area contributed by atoms with E-state index in [1.807, 2.05) is 13.8 Å². The number of rotatable bonds is 9. The number of hydrogen-bond acceptors (Lipinski definition) is 4. The summed E-state index contributed by atoms with van der Waals surface area (Å²) in [5.41, 5.74) is 0. The third-order valence-corrected chi connectivity index (χ3v) is 3.93. The van der Waals surface area contributed by atoms with Gasteiger partial charge in [-0.05, 0) is 19.9 Å². The zero-order valence-electron chi connectivity index (χ0n) is 11.0. The molecule has 1 amide bonds. The van der Waals surface area contributed by atoms with E-state index in [4.69, 9.17) is 0 Å². The lowest BCUT2D eigenvalue weighted by atomic mass is 10.3. The van der Waals surface area contributed by atoms with Crippen LogP contribution in [0.3, 0.4) is 0 Å². The van der Waals surface area contributed by atoms with Crippen molar-refractivity contribution in [1.29, 1.82) is 0 Å². The first-order valence-electron chi connectivity index (χ1n) is 5.97. The molecule has 0 aliphatic carbocycles. The quantitative estimate of drug-likeness (QED) is 0.279. The smallest absolute Gasteiger partial charge is 0.247 e. The molecule has 1 N–H and O–H groups in total. The Morgan fingerprint density at radius 2 is 1.94 bits per heavy atom. The molecule has 0 saturated carbocycles. The van der Waals surface area contributed by atoms with Crippen molar-refractivity contribution in [3.05, 3.63) is 12.7 Å². The lowest BCUT2D eigenvalue weighted by Gasteiger charge is -2.36. The number of carbonyl (C=O) groups excluding carboxylic acids is 1. The average molecular weight is 278 g/mol. The molecule has 0 bridgehead atoms. The van der Waals surface area contributed by atoms with E-state index in [1.54, 1.807) is 0 Å². The van der Waals surface area contributed by atoms with Gasteiger partial charge in [0.1, 0.15) is 0 Å². The van der Waals surface area contributed by atoms with E-state index >= 15 is 0 Å². The number of amides is 1. The van der Waals surface area contributed by atoms with Crippen molar-refractivity contribution in [2.75, 3.05) is 32.1 Å². The molecule has 0 spiro atoms. The highest BCUT2D eigenvalue weighted by atomic mass is 32.2. The van der Waals surface area contributed by atoms with Crippen LogP contribution in [0, 0.1) is 0 Å². The average Bonchev–Trinajstić information content (AvgIpc) is 2.32. The molecule has 0 aliphatic rings. The van der Waals surface area contributed by atoms with Gasteiger partial charge in [-0.2, -0.15) is 0 Å². The number of nitrogens with one attached hydrogen (secondary N) is 1. The predicted octanol–water partition coefficient (Wildman–Crippen LogP) is 0.0380. The molecule has 0 aromatic rings. The lowest BCUT2D eigenvalue weighted by Crippen LogP contribution is -2.54. The van der Waals surface area contributed by atoms with E-state index in [-0.39, 0.29) is 11.7 Å². The van der Waals surface area contributed by atoms with Gasteiger partial charge >= 0.3 is 0 Å². The Balaban J connectivity index is 4.42. The van der Waals surface area contributed by atoms with Gasteiger partial charge in [-0.3, -0.25) is 4.79 Å². The summed E-state index contributed by atoms with van der Waals surface area (Å²) in [6, 6.07) is 0. The van der Waals surface area contributed by atoms with Crippen molar-refractivity contribution in [3.63, 3.8) is 0 Å². The zero-order valence-corrected chi connectivity index (χ0v) is 11.8. The first-order valence-corrected chi connectivity index (χ1v) is 7.55. The minimum atomic E-state index is -4.16. The SMILES string of the molecule is C=CC(=O)NC[N+](CC)(CC)CCCS(=O)(=O)[O-]. The van der Waals surface area contributed by atoms with Crippen LogP contribution < -0.4 is 5.32 Å². The molecule has 0 atom stereocenters. The summed E-state index contributed by atoms with van der Waals surface area (Å²) in [7, 11) is -4.16. The second-order valence-electron chi connectivity index (χ2n) is 4.22. The second-order valence-corrected chi connectivity index (χ2v) is 5.74. The van der Waals surface area contributed by atoms with E-state index in [2.05, 4.69) is 11.9 Å². The molecule has 0 aromatic carbocycles. The van der Waals surface area contributed by atoms with Crippen LogP contribution in [0.5, 0.6) is 0 Å². The fourth-order valence-corrected chi connectivity index (χ4v) is 2.22. The molecule has 18 heavy (non-hydrogen) atoms. The van der Waals surface area contributed by atoms with Crippen molar-refractivity contribution >= 4 is 16.0 Å². The molecular weight excluding hydrogens is 256 g/mol. The van der Waals surface area contributed by atoms with Crippen molar-refractivity contribution in [1.82, 2.24) is 5.32 Å². The van der Waals surface area contributed by atoms with Gasteiger partial charge in [0.2, 0.25) is 5.91 Å². The molecule has 106 valence electrons. The Morgan fingerprint density at radius 1 is 1.39 bits per heavy atom. The molecule has 7 heteroatoms. The normalized spacial score (nSPS) is 12.2. The van der Waals surface area contributed by atoms with E-state index in [0.29, 0.717) is 24.1 Å². The molecule has 0 aliphatic heterocycles. The molecule has 0 saturated heterocycles. The van der Waals surface area contributed by atoms with Gasteiger partial charge in [-0.25, -0.2) is 8.42 Å². The number of hydrogen-bond donors (Lipinski definition) is 1. The van der Waals surface area contributed by atoms with Crippen LogP contribution in [-0.4, -0.2) is 55.4 Å². The van der Waals surface area contributed by atoms with Gasteiger partial charge in [0.25, 0.3) is 0 Å². The number of carbonyl (C=O) groups is 1. The van der Waals surface area contributed by atoms with Crippen LogP contribution in [0.2, 0.25) is 0 Å². The van der Waals surface area contributed by atoms with Crippen LogP contribution in [0.4, 0.5) is 0 Å². The Morgan fingerprint density at radius 3 is 2.33 bits per heavy atom. The maximum Gasteiger partial charge on any atom is 0.247 e. The molecule has 0 radical (unpaired) electrons. The van der Waals surface area contributed by atoms with E-state index in [1.165, 1.54) is 6.08 Å². The highest BCUT2D eigenvalue weighted by Gasteiger charge is 2.23. The monoisotopic (exact) mass is 278 g/mol. The van der Waals surface area contributed by atoms with Crippen molar-refractivity contribution in [2.24, 2.45) is 0 Å². The zero-order chi connectivity index (χ0) is 14.2. The van der Waals surface area contributed by atoms with Crippen molar-refractivity contribution in [3.8, 4) is 0 Å². The molecule has 0 unspecified atom stereocenters. The Kier molecular flexibility index (Phi) is 7.12. The van der Waals surface area contributed by atoms with E-state index < -0.39 is 10.1 Å². The lowest BCUT2D eigenvalue weighted by molar-refractivity contribution is -0.926. The molecule has 6 nitrogen and oxygen atoms in total. The fourth-order valence-electron chi connectivity index (χ4n) is 1.74. The summed E-state index contributed by atoms with van der Waals surface area (Å²) in [6.45, 7) is 9.78. The molecule has 0 fully saturated rings. The third kappa shape index (κ3) is 6.73. The standard InChI is InChI=1S/C11H22N2O4S/c1-4-11(14)12-10-13(5-2,6-3)8-7-9-18(15,16)17/h4H,1,5-10H2,2-3H3,(H-,12,14,15,16,17). The maximum atomic E-state index is 11.1. The second kappa shape index (κ2) is 7.50. The summed E-state index contributed by atoms with van der Waals surface area (Å²) >= 11 is 0. The largest absolute Gasteiger partial charge is 0.748 e. The van der Waals surface area contributed by atoms with Gasteiger partial charge in [-0.1, -0.05) is 6.58 Å².